The smallest absolute Gasteiger partial charge is 0.219 e. The topological polar surface area (TPSA) is 34.1 Å². The lowest BCUT2D eigenvalue weighted by molar-refractivity contribution is 0.455. The van der Waals surface area contributed by atoms with Gasteiger partial charge >= 0.3 is 0 Å². The lowest BCUT2D eigenvalue weighted by Crippen LogP contribution is -2.07. The SMILES string of the molecule is CCCc1cc(CNC)cc(Oc2cccc(C)c2C)n1. The quantitative estimate of drug-likeness (QED) is 0.864. The second-order valence-corrected chi connectivity index (χ2v) is 5.39. The summed E-state index contributed by atoms with van der Waals surface area (Å²) >= 11 is 0. The molecule has 0 saturated heterocycles. The summed E-state index contributed by atoms with van der Waals surface area (Å²) in [7, 11) is 1.95. The normalized spacial score (nSPS) is 10.7. The number of ether oxygens (including phenoxy) is 1. The average molecular weight is 284 g/mol. The zero-order valence-corrected chi connectivity index (χ0v) is 13.4. The molecule has 0 radical (unpaired) electrons. The molecule has 112 valence electrons. The molecule has 0 aliphatic carbocycles. The number of nitrogens with zero attached hydrogens (tertiary/aromatic N) is 1. The van der Waals surface area contributed by atoms with Gasteiger partial charge in [0.15, 0.2) is 0 Å². The maximum atomic E-state index is 6.03. The number of rotatable bonds is 6. The molecule has 1 heterocycles. The van der Waals surface area contributed by atoms with Crippen LogP contribution in [0.15, 0.2) is 30.3 Å². The van der Waals surface area contributed by atoms with Crippen molar-refractivity contribution in [2.45, 2.75) is 40.2 Å². The number of benzene rings is 1. The molecular weight excluding hydrogens is 260 g/mol. The molecule has 0 amide bonds. The van der Waals surface area contributed by atoms with Gasteiger partial charge in [0.1, 0.15) is 5.75 Å². The van der Waals surface area contributed by atoms with Crippen LogP contribution in [0, 0.1) is 13.8 Å². The molecule has 2 aromatic rings. The first-order chi connectivity index (χ1) is 10.1. The van der Waals surface area contributed by atoms with Crippen LogP contribution in [-0.4, -0.2) is 12.0 Å². The van der Waals surface area contributed by atoms with Gasteiger partial charge in [0, 0.05) is 18.3 Å². The van der Waals surface area contributed by atoms with E-state index in [4.69, 9.17) is 4.74 Å². The zero-order valence-electron chi connectivity index (χ0n) is 13.4. The van der Waals surface area contributed by atoms with Crippen LogP contribution < -0.4 is 10.1 Å². The van der Waals surface area contributed by atoms with Crippen LogP contribution in [0.5, 0.6) is 11.6 Å². The third kappa shape index (κ3) is 4.05. The van der Waals surface area contributed by atoms with Crippen LogP contribution in [0.25, 0.3) is 0 Å². The van der Waals surface area contributed by atoms with E-state index in [2.05, 4.69) is 43.2 Å². The summed E-state index contributed by atoms with van der Waals surface area (Å²) in [6.07, 6.45) is 2.06. The van der Waals surface area contributed by atoms with Gasteiger partial charge in [-0.1, -0.05) is 25.5 Å². The minimum Gasteiger partial charge on any atom is -0.439 e. The molecule has 1 N–H and O–H groups in total. The van der Waals surface area contributed by atoms with Crippen molar-refractivity contribution < 1.29 is 4.74 Å². The predicted octanol–water partition coefficient (Wildman–Crippen LogP) is 4.16. The Morgan fingerprint density at radius 3 is 2.71 bits per heavy atom. The van der Waals surface area contributed by atoms with Gasteiger partial charge in [-0.2, -0.15) is 0 Å². The van der Waals surface area contributed by atoms with Gasteiger partial charge in [0.2, 0.25) is 5.88 Å². The van der Waals surface area contributed by atoms with Crippen molar-refractivity contribution in [2.75, 3.05) is 7.05 Å². The summed E-state index contributed by atoms with van der Waals surface area (Å²) in [5, 5.41) is 3.18. The standard InChI is InChI=1S/C18H24N2O/c1-5-7-16-10-15(12-19-4)11-18(20-16)21-17-9-6-8-13(2)14(17)3/h6,8-11,19H,5,7,12H2,1-4H3. The Morgan fingerprint density at radius 1 is 1.19 bits per heavy atom. The summed E-state index contributed by atoms with van der Waals surface area (Å²) in [6, 6.07) is 10.3. The fraction of sp³-hybridized carbons (Fsp3) is 0.389. The largest absolute Gasteiger partial charge is 0.439 e. The molecule has 0 unspecified atom stereocenters. The molecule has 0 spiro atoms. The van der Waals surface area contributed by atoms with Gasteiger partial charge in [-0.25, -0.2) is 4.98 Å². The van der Waals surface area contributed by atoms with Crippen LogP contribution >= 0.6 is 0 Å². The predicted molar refractivity (Wildman–Crippen MR) is 87.0 cm³/mol. The van der Waals surface area contributed by atoms with E-state index in [1.807, 2.05) is 25.2 Å². The summed E-state index contributed by atoms with van der Waals surface area (Å²) in [4.78, 5) is 4.62. The van der Waals surface area contributed by atoms with Gasteiger partial charge in [0.05, 0.1) is 0 Å². The molecule has 2 rings (SSSR count). The van der Waals surface area contributed by atoms with Crippen LogP contribution in [0.1, 0.15) is 35.7 Å². The third-order valence-corrected chi connectivity index (χ3v) is 3.57. The summed E-state index contributed by atoms with van der Waals surface area (Å²) in [5.41, 5.74) is 4.69. The number of hydrogen-bond acceptors (Lipinski definition) is 3. The molecule has 1 aromatic heterocycles. The van der Waals surface area contributed by atoms with Crippen molar-refractivity contribution in [1.29, 1.82) is 0 Å². The van der Waals surface area contributed by atoms with Crippen molar-refractivity contribution in [3.8, 4) is 11.6 Å². The van der Waals surface area contributed by atoms with Crippen molar-refractivity contribution in [1.82, 2.24) is 10.3 Å². The average Bonchev–Trinajstić information content (AvgIpc) is 2.44. The monoisotopic (exact) mass is 284 g/mol. The highest BCUT2D eigenvalue weighted by Gasteiger charge is 2.07. The molecule has 0 aliphatic rings. The first-order valence-electron chi connectivity index (χ1n) is 7.52. The van der Waals surface area contributed by atoms with Crippen molar-refractivity contribution in [3.63, 3.8) is 0 Å². The Kier molecular flexibility index (Phi) is 5.34. The Balaban J connectivity index is 2.31. The summed E-state index contributed by atoms with van der Waals surface area (Å²) in [6.45, 7) is 7.16. The number of aromatic nitrogens is 1. The highest BCUT2D eigenvalue weighted by Crippen LogP contribution is 2.26. The maximum Gasteiger partial charge on any atom is 0.219 e. The Morgan fingerprint density at radius 2 is 2.00 bits per heavy atom. The van der Waals surface area contributed by atoms with E-state index in [1.54, 1.807) is 0 Å². The van der Waals surface area contributed by atoms with Crippen LogP contribution in [0.4, 0.5) is 0 Å². The highest BCUT2D eigenvalue weighted by atomic mass is 16.5. The van der Waals surface area contributed by atoms with E-state index in [9.17, 15) is 0 Å². The molecule has 0 bridgehead atoms. The van der Waals surface area contributed by atoms with Crippen molar-refractivity contribution in [3.05, 3.63) is 52.7 Å². The van der Waals surface area contributed by atoms with Crippen LogP contribution in [-0.2, 0) is 13.0 Å². The molecule has 3 nitrogen and oxygen atoms in total. The van der Waals surface area contributed by atoms with Gasteiger partial charge in [-0.3, -0.25) is 0 Å². The lowest BCUT2D eigenvalue weighted by Gasteiger charge is -2.12. The first kappa shape index (κ1) is 15.5. The summed E-state index contributed by atoms with van der Waals surface area (Å²) < 4.78 is 6.03. The molecule has 0 saturated carbocycles. The van der Waals surface area contributed by atoms with Gasteiger partial charge in [-0.05, 0) is 56.1 Å². The molecule has 0 atom stereocenters. The van der Waals surface area contributed by atoms with Gasteiger partial charge < -0.3 is 10.1 Å². The van der Waals surface area contributed by atoms with Crippen molar-refractivity contribution in [2.24, 2.45) is 0 Å². The summed E-state index contributed by atoms with van der Waals surface area (Å²) in [5.74, 6) is 1.56. The first-order valence-corrected chi connectivity index (χ1v) is 7.52. The molecule has 3 heteroatoms. The van der Waals surface area contributed by atoms with Crippen LogP contribution in [0.2, 0.25) is 0 Å². The van der Waals surface area contributed by atoms with Gasteiger partial charge in [0.25, 0.3) is 0 Å². The van der Waals surface area contributed by atoms with Crippen molar-refractivity contribution >= 4 is 0 Å². The van der Waals surface area contributed by atoms with E-state index >= 15 is 0 Å². The van der Waals surface area contributed by atoms with E-state index in [0.29, 0.717) is 5.88 Å². The van der Waals surface area contributed by atoms with E-state index in [0.717, 1.165) is 36.4 Å². The highest BCUT2D eigenvalue weighted by molar-refractivity contribution is 5.40. The number of hydrogen-bond donors (Lipinski definition) is 1. The zero-order chi connectivity index (χ0) is 15.2. The fourth-order valence-corrected chi connectivity index (χ4v) is 2.31. The second-order valence-electron chi connectivity index (χ2n) is 5.39. The Hall–Kier alpha value is -1.87. The molecule has 21 heavy (non-hydrogen) atoms. The minimum absolute atomic E-state index is 0.680. The van der Waals surface area contributed by atoms with E-state index in [1.165, 1.54) is 11.1 Å². The second kappa shape index (κ2) is 7.23. The molecule has 0 aliphatic heterocycles. The van der Waals surface area contributed by atoms with Gasteiger partial charge in [-0.15, -0.1) is 0 Å². The molecular formula is C18H24N2O. The fourth-order valence-electron chi connectivity index (χ4n) is 2.31. The minimum atomic E-state index is 0.680. The van der Waals surface area contributed by atoms with Crippen LogP contribution in [0.3, 0.4) is 0 Å². The third-order valence-electron chi connectivity index (χ3n) is 3.57. The number of pyridine rings is 1. The van der Waals surface area contributed by atoms with E-state index in [-0.39, 0.29) is 0 Å². The molecule has 0 fully saturated rings. The van der Waals surface area contributed by atoms with E-state index < -0.39 is 0 Å². The molecule has 1 aromatic carbocycles. The Labute approximate surface area is 127 Å². The maximum absolute atomic E-state index is 6.03. The number of aryl methyl sites for hydroxylation is 2. The lowest BCUT2D eigenvalue weighted by atomic mass is 10.1. The Bertz CT molecular complexity index is 584. The number of nitrogens with one attached hydrogen (secondary N) is 1.